The Kier molecular flexibility index (Phi) is 6.35. The third-order valence-electron chi connectivity index (χ3n) is 4.77. The Morgan fingerprint density at radius 3 is 2.41 bits per heavy atom. The molecule has 2 aromatic heterocycles. The molecule has 3 heterocycles. The molecule has 0 aromatic carbocycles. The average Bonchev–Trinajstić information content (AvgIpc) is 2.72. The van der Waals surface area contributed by atoms with E-state index >= 15 is 0 Å². The molecule has 0 radical (unpaired) electrons. The van der Waals surface area contributed by atoms with Crippen LogP contribution in [-0.2, 0) is 16.1 Å². The zero-order valence-electron chi connectivity index (χ0n) is 15.6. The molecular weight excluding hydrogens is 342 g/mol. The van der Waals surface area contributed by atoms with Crippen molar-refractivity contribution in [1.82, 2.24) is 19.8 Å². The number of hydrogen-bond acceptors (Lipinski definition) is 5. The van der Waals surface area contributed by atoms with Crippen LogP contribution in [0.4, 0.5) is 5.82 Å². The van der Waals surface area contributed by atoms with Crippen LogP contribution in [-0.4, -0.2) is 64.3 Å². The van der Waals surface area contributed by atoms with Crippen LogP contribution in [0.2, 0.25) is 0 Å². The highest BCUT2D eigenvalue weighted by atomic mass is 16.2. The van der Waals surface area contributed by atoms with Gasteiger partial charge in [0.15, 0.2) is 0 Å². The highest BCUT2D eigenvalue weighted by molar-refractivity contribution is 5.78. The largest absolute Gasteiger partial charge is 0.353 e. The third kappa shape index (κ3) is 5.26. The number of hydrogen-bond donors (Lipinski definition) is 0. The minimum atomic E-state index is -0.0282. The van der Waals surface area contributed by atoms with Gasteiger partial charge in [-0.2, -0.15) is 0 Å². The Morgan fingerprint density at radius 1 is 1.04 bits per heavy atom. The minimum absolute atomic E-state index is 0.0282. The predicted molar refractivity (Wildman–Crippen MR) is 103 cm³/mol. The van der Waals surface area contributed by atoms with E-state index in [9.17, 15) is 9.59 Å². The summed E-state index contributed by atoms with van der Waals surface area (Å²) < 4.78 is 0. The van der Waals surface area contributed by atoms with Gasteiger partial charge >= 0.3 is 0 Å². The van der Waals surface area contributed by atoms with E-state index in [0.29, 0.717) is 32.6 Å². The van der Waals surface area contributed by atoms with E-state index < -0.39 is 0 Å². The number of anilines is 1. The summed E-state index contributed by atoms with van der Waals surface area (Å²) in [7, 11) is 0. The predicted octanol–water partition coefficient (Wildman–Crippen LogP) is 1.56. The number of nitrogens with zero attached hydrogens (tertiary/aromatic N) is 5. The maximum Gasteiger partial charge on any atom is 0.224 e. The summed E-state index contributed by atoms with van der Waals surface area (Å²) in [6.07, 6.45) is 5.54. The van der Waals surface area contributed by atoms with Crippen molar-refractivity contribution in [3.05, 3.63) is 54.5 Å². The molecule has 2 aromatic rings. The number of piperazine rings is 1. The van der Waals surface area contributed by atoms with Crippen molar-refractivity contribution < 1.29 is 9.59 Å². The number of carbonyl (C=O) groups excluding carboxylic acids is 2. The molecule has 1 saturated heterocycles. The fraction of sp³-hybridized carbons (Fsp3) is 0.400. The van der Waals surface area contributed by atoms with Gasteiger partial charge in [0.1, 0.15) is 5.82 Å². The minimum Gasteiger partial charge on any atom is -0.353 e. The van der Waals surface area contributed by atoms with Crippen LogP contribution in [0.1, 0.15) is 18.9 Å². The van der Waals surface area contributed by atoms with Crippen LogP contribution in [0.3, 0.4) is 0 Å². The second-order valence-corrected chi connectivity index (χ2v) is 6.60. The summed E-state index contributed by atoms with van der Waals surface area (Å²) in [6.45, 7) is 5.37. The fourth-order valence-electron chi connectivity index (χ4n) is 3.17. The van der Waals surface area contributed by atoms with E-state index in [2.05, 4.69) is 14.9 Å². The molecule has 0 aliphatic carbocycles. The van der Waals surface area contributed by atoms with E-state index in [4.69, 9.17) is 0 Å². The van der Waals surface area contributed by atoms with Gasteiger partial charge in [-0.25, -0.2) is 4.98 Å². The van der Waals surface area contributed by atoms with Gasteiger partial charge < -0.3 is 14.7 Å². The van der Waals surface area contributed by atoms with E-state index in [-0.39, 0.29) is 11.8 Å². The Hall–Kier alpha value is -2.96. The van der Waals surface area contributed by atoms with E-state index in [1.165, 1.54) is 6.92 Å². The third-order valence-corrected chi connectivity index (χ3v) is 4.77. The molecule has 7 heteroatoms. The van der Waals surface area contributed by atoms with E-state index in [1.807, 2.05) is 35.2 Å². The molecule has 1 aliphatic heterocycles. The van der Waals surface area contributed by atoms with Crippen LogP contribution in [0, 0.1) is 0 Å². The topological polar surface area (TPSA) is 69.6 Å². The lowest BCUT2D eigenvalue weighted by Crippen LogP contribution is -2.49. The Bertz CT molecular complexity index is 745. The molecule has 1 fully saturated rings. The molecular formula is C20H25N5O2. The molecule has 0 bridgehead atoms. The van der Waals surface area contributed by atoms with Gasteiger partial charge in [0.05, 0.1) is 0 Å². The molecule has 2 amide bonds. The maximum atomic E-state index is 12.6. The molecule has 0 saturated carbocycles. The standard InChI is InChI=1S/C20H25N5O2/c1-17(26)25(16-18-5-9-21-10-6-18)11-7-20(27)24-14-12-23(13-15-24)19-4-2-3-8-22-19/h2-6,8-10H,7,11-16H2,1H3. The van der Waals surface area contributed by atoms with Gasteiger partial charge in [-0.15, -0.1) is 0 Å². The highest BCUT2D eigenvalue weighted by Crippen LogP contribution is 2.13. The Labute approximate surface area is 159 Å². The second-order valence-electron chi connectivity index (χ2n) is 6.60. The van der Waals surface area contributed by atoms with Crippen LogP contribution in [0.15, 0.2) is 48.9 Å². The summed E-state index contributed by atoms with van der Waals surface area (Å²) >= 11 is 0. The normalized spacial score (nSPS) is 14.1. The highest BCUT2D eigenvalue weighted by Gasteiger charge is 2.22. The van der Waals surface area contributed by atoms with Gasteiger partial charge in [-0.1, -0.05) is 6.07 Å². The maximum absolute atomic E-state index is 12.6. The first-order chi connectivity index (χ1) is 13.1. The number of carbonyl (C=O) groups is 2. The molecule has 142 valence electrons. The molecule has 7 nitrogen and oxygen atoms in total. The van der Waals surface area contributed by atoms with Gasteiger partial charge in [0.25, 0.3) is 0 Å². The van der Waals surface area contributed by atoms with Gasteiger partial charge in [0.2, 0.25) is 11.8 Å². The SMILES string of the molecule is CC(=O)N(CCC(=O)N1CCN(c2ccccn2)CC1)Cc1ccncc1. The summed E-state index contributed by atoms with van der Waals surface area (Å²) in [5.74, 6) is 1.01. The first-order valence-electron chi connectivity index (χ1n) is 9.21. The van der Waals surface area contributed by atoms with E-state index in [1.54, 1.807) is 23.5 Å². The van der Waals surface area contributed by atoms with Crippen molar-refractivity contribution in [1.29, 1.82) is 0 Å². The molecule has 3 rings (SSSR count). The first kappa shape index (κ1) is 18.8. The fourth-order valence-corrected chi connectivity index (χ4v) is 3.17. The van der Waals surface area contributed by atoms with Crippen LogP contribution >= 0.6 is 0 Å². The summed E-state index contributed by atoms with van der Waals surface area (Å²) in [4.78, 5) is 38.6. The number of pyridine rings is 2. The number of rotatable bonds is 6. The van der Waals surface area contributed by atoms with Crippen molar-refractivity contribution in [3.63, 3.8) is 0 Å². The zero-order valence-corrected chi connectivity index (χ0v) is 15.6. The number of amides is 2. The molecule has 27 heavy (non-hydrogen) atoms. The van der Waals surface area contributed by atoms with Crippen molar-refractivity contribution in [2.45, 2.75) is 19.9 Å². The number of aromatic nitrogens is 2. The van der Waals surface area contributed by atoms with E-state index in [0.717, 1.165) is 24.5 Å². The van der Waals surface area contributed by atoms with Crippen molar-refractivity contribution in [3.8, 4) is 0 Å². The average molecular weight is 367 g/mol. The lowest BCUT2D eigenvalue weighted by atomic mass is 10.2. The van der Waals surface area contributed by atoms with Crippen molar-refractivity contribution in [2.75, 3.05) is 37.6 Å². The van der Waals surface area contributed by atoms with Crippen molar-refractivity contribution in [2.24, 2.45) is 0 Å². The Morgan fingerprint density at radius 2 is 1.78 bits per heavy atom. The smallest absolute Gasteiger partial charge is 0.224 e. The second kappa shape index (κ2) is 9.12. The molecule has 1 aliphatic rings. The van der Waals surface area contributed by atoms with Gasteiger partial charge in [-0.3, -0.25) is 14.6 Å². The van der Waals surface area contributed by atoms with Gasteiger partial charge in [0, 0.05) is 71.2 Å². The Balaban J connectivity index is 1.48. The summed E-state index contributed by atoms with van der Waals surface area (Å²) in [5, 5.41) is 0. The van der Waals surface area contributed by atoms with Crippen LogP contribution in [0.25, 0.3) is 0 Å². The molecule has 0 unspecified atom stereocenters. The van der Waals surface area contributed by atoms with Gasteiger partial charge in [-0.05, 0) is 29.8 Å². The van der Waals surface area contributed by atoms with Crippen LogP contribution in [0.5, 0.6) is 0 Å². The monoisotopic (exact) mass is 367 g/mol. The lowest BCUT2D eigenvalue weighted by Gasteiger charge is -2.35. The van der Waals surface area contributed by atoms with Crippen LogP contribution < -0.4 is 4.90 Å². The van der Waals surface area contributed by atoms with Crippen molar-refractivity contribution >= 4 is 17.6 Å². The molecule has 0 spiro atoms. The molecule has 0 N–H and O–H groups in total. The first-order valence-corrected chi connectivity index (χ1v) is 9.21. The molecule has 0 atom stereocenters. The summed E-state index contributed by atoms with van der Waals surface area (Å²) in [5.41, 5.74) is 1.01. The summed E-state index contributed by atoms with van der Waals surface area (Å²) in [6, 6.07) is 9.62. The lowest BCUT2D eigenvalue weighted by molar-refractivity contribution is -0.134. The quantitative estimate of drug-likeness (QED) is 0.775. The zero-order chi connectivity index (χ0) is 19.1.